The molecule has 110 valence electrons. The Hall–Kier alpha value is -0.610. The molecule has 0 amide bonds. The third-order valence-corrected chi connectivity index (χ3v) is 4.97. The maximum absolute atomic E-state index is 12.2. The molecule has 0 radical (unpaired) electrons. The molecule has 2 unspecified atom stereocenters. The molecule has 19 heavy (non-hydrogen) atoms. The number of hydrogen-bond acceptors (Lipinski definition) is 4. The molecule has 0 aromatic carbocycles. The van der Waals surface area contributed by atoms with Gasteiger partial charge in [0, 0.05) is 6.04 Å². The van der Waals surface area contributed by atoms with Crippen molar-refractivity contribution in [2.24, 2.45) is 5.92 Å². The lowest BCUT2D eigenvalue weighted by molar-refractivity contribution is -0.151. The van der Waals surface area contributed by atoms with E-state index in [-0.39, 0.29) is 5.97 Å². The van der Waals surface area contributed by atoms with E-state index >= 15 is 0 Å². The fourth-order valence-corrected chi connectivity index (χ4v) is 3.51. The fraction of sp³-hybridized carbons (Fsp3) is 0.933. The van der Waals surface area contributed by atoms with Crippen molar-refractivity contribution in [3.05, 3.63) is 0 Å². The van der Waals surface area contributed by atoms with E-state index < -0.39 is 5.54 Å². The van der Waals surface area contributed by atoms with E-state index in [0.29, 0.717) is 12.6 Å². The molecule has 1 aliphatic carbocycles. The Morgan fingerprint density at radius 3 is 2.63 bits per heavy atom. The van der Waals surface area contributed by atoms with Gasteiger partial charge in [0.15, 0.2) is 0 Å². The molecule has 1 saturated carbocycles. The van der Waals surface area contributed by atoms with Crippen molar-refractivity contribution in [2.45, 2.75) is 57.5 Å². The smallest absolute Gasteiger partial charge is 0.326 e. The average molecular weight is 268 g/mol. The molecule has 2 fully saturated rings. The molecule has 0 spiro atoms. The van der Waals surface area contributed by atoms with Gasteiger partial charge in [0.25, 0.3) is 0 Å². The molecule has 2 aliphatic rings. The predicted molar refractivity (Wildman–Crippen MR) is 76.0 cm³/mol. The van der Waals surface area contributed by atoms with Crippen molar-refractivity contribution in [3.63, 3.8) is 0 Å². The topological polar surface area (TPSA) is 41.6 Å². The minimum absolute atomic E-state index is 0.0645. The largest absolute Gasteiger partial charge is 0.465 e. The summed E-state index contributed by atoms with van der Waals surface area (Å²) in [5.74, 6) is 0.794. The molecular weight excluding hydrogens is 240 g/mol. The first kappa shape index (κ1) is 14.8. The molecule has 4 heteroatoms. The van der Waals surface area contributed by atoms with Crippen LogP contribution in [0.25, 0.3) is 0 Å². The highest BCUT2D eigenvalue weighted by Gasteiger charge is 2.47. The monoisotopic (exact) mass is 268 g/mol. The quantitative estimate of drug-likeness (QED) is 0.789. The van der Waals surface area contributed by atoms with Crippen molar-refractivity contribution < 1.29 is 9.53 Å². The van der Waals surface area contributed by atoms with Gasteiger partial charge in [-0.15, -0.1) is 0 Å². The summed E-state index contributed by atoms with van der Waals surface area (Å²) < 4.78 is 5.25. The molecule has 4 nitrogen and oxygen atoms in total. The molecule has 0 aromatic heterocycles. The summed E-state index contributed by atoms with van der Waals surface area (Å²) >= 11 is 0. The summed E-state index contributed by atoms with van der Waals surface area (Å²) in [5.41, 5.74) is -0.441. The normalized spacial score (nSPS) is 33.5. The summed E-state index contributed by atoms with van der Waals surface area (Å²) in [5, 5.41) is 3.24. The zero-order valence-corrected chi connectivity index (χ0v) is 12.6. The van der Waals surface area contributed by atoms with Gasteiger partial charge in [0.05, 0.1) is 6.61 Å². The molecule has 1 heterocycles. The Balaban J connectivity index is 1.95. The highest BCUT2D eigenvalue weighted by atomic mass is 16.5. The lowest BCUT2D eigenvalue weighted by Gasteiger charge is -2.36. The Bertz CT molecular complexity index is 313. The zero-order chi connectivity index (χ0) is 13.9. The van der Waals surface area contributed by atoms with E-state index in [1.165, 1.54) is 25.9 Å². The van der Waals surface area contributed by atoms with Gasteiger partial charge in [-0.25, -0.2) is 0 Å². The van der Waals surface area contributed by atoms with Crippen LogP contribution in [0.5, 0.6) is 0 Å². The Morgan fingerprint density at radius 2 is 2.05 bits per heavy atom. The Kier molecular flexibility index (Phi) is 4.85. The standard InChI is InChI=1S/C15H28N2O2/c1-4-19-14(18)15(16-3)8-5-13(11-15)17-9-6-12(2)7-10-17/h12-13,16H,4-11H2,1-3H3. The van der Waals surface area contributed by atoms with Crippen LogP contribution in [-0.2, 0) is 9.53 Å². The van der Waals surface area contributed by atoms with Crippen LogP contribution in [0, 0.1) is 5.92 Å². The number of likely N-dealkylation sites (tertiary alicyclic amines) is 1. The lowest BCUT2D eigenvalue weighted by Crippen LogP contribution is -2.51. The van der Waals surface area contributed by atoms with Crippen molar-refractivity contribution in [3.8, 4) is 0 Å². The molecule has 2 rings (SSSR count). The molecule has 1 N–H and O–H groups in total. The SMILES string of the molecule is CCOC(=O)C1(NC)CCC(N2CCC(C)CC2)C1. The number of nitrogens with one attached hydrogen (secondary N) is 1. The highest BCUT2D eigenvalue weighted by Crippen LogP contribution is 2.35. The summed E-state index contributed by atoms with van der Waals surface area (Å²) in [6.45, 7) is 7.05. The second kappa shape index (κ2) is 6.23. The minimum atomic E-state index is -0.441. The molecule has 1 saturated heterocycles. The molecule has 0 bridgehead atoms. The maximum atomic E-state index is 12.2. The summed E-state index contributed by atoms with van der Waals surface area (Å²) in [7, 11) is 1.89. The van der Waals surface area contributed by atoms with Gasteiger partial charge >= 0.3 is 5.97 Å². The summed E-state index contributed by atoms with van der Waals surface area (Å²) in [6.07, 6.45) is 5.49. The average Bonchev–Trinajstić information content (AvgIpc) is 2.86. The van der Waals surface area contributed by atoms with E-state index in [1.54, 1.807) is 0 Å². The van der Waals surface area contributed by atoms with Crippen molar-refractivity contribution in [2.75, 3.05) is 26.7 Å². The van der Waals surface area contributed by atoms with Crippen LogP contribution in [0.15, 0.2) is 0 Å². The molecule has 0 aromatic rings. The van der Waals surface area contributed by atoms with Crippen LogP contribution < -0.4 is 5.32 Å². The molecule has 1 aliphatic heterocycles. The number of piperidine rings is 1. The van der Waals surface area contributed by atoms with Crippen LogP contribution in [0.3, 0.4) is 0 Å². The van der Waals surface area contributed by atoms with Crippen LogP contribution in [0.4, 0.5) is 0 Å². The first-order valence-electron chi connectivity index (χ1n) is 7.71. The van der Waals surface area contributed by atoms with Crippen molar-refractivity contribution >= 4 is 5.97 Å². The van der Waals surface area contributed by atoms with Gasteiger partial charge in [0.1, 0.15) is 5.54 Å². The van der Waals surface area contributed by atoms with Gasteiger partial charge in [-0.2, -0.15) is 0 Å². The zero-order valence-electron chi connectivity index (χ0n) is 12.6. The van der Waals surface area contributed by atoms with E-state index in [2.05, 4.69) is 17.1 Å². The number of carbonyl (C=O) groups excluding carboxylic acids is 1. The van der Waals surface area contributed by atoms with Crippen LogP contribution in [-0.4, -0.2) is 49.2 Å². The van der Waals surface area contributed by atoms with E-state index in [9.17, 15) is 4.79 Å². The van der Waals surface area contributed by atoms with E-state index in [0.717, 1.165) is 25.2 Å². The maximum Gasteiger partial charge on any atom is 0.326 e. The number of esters is 1. The number of ether oxygens (including phenoxy) is 1. The van der Waals surface area contributed by atoms with Gasteiger partial charge < -0.3 is 15.0 Å². The summed E-state index contributed by atoms with van der Waals surface area (Å²) in [6, 6.07) is 0.546. The third kappa shape index (κ3) is 3.11. The van der Waals surface area contributed by atoms with Crippen LogP contribution in [0.1, 0.15) is 46.0 Å². The number of hydrogen-bond donors (Lipinski definition) is 1. The van der Waals surface area contributed by atoms with E-state index in [4.69, 9.17) is 4.74 Å². The van der Waals surface area contributed by atoms with Gasteiger partial charge in [0.2, 0.25) is 0 Å². The van der Waals surface area contributed by atoms with Gasteiger partial charge in [-0.1, -0.05) is 6.92 Å². The number of carbonyl (C=O) groups is 1. The number of rotatable bonds is 4. The summed E-state index contributed by atoms with van der Waals surface area (Å²) in [4.78, 5) is 14.8. The lowest BCUT2D eigenvalue weighted by atomic mass is 9.95. The molecular formula is C15H28N2O2. The van der Waals surface area contributed by atoms with Crippen LogP contribution >= 0.6 is 0 Å². The first-order chi connectivity index (χ1) is 9.11. The fourth-order valence-electron chi connectivity index (χ4n) is 3.51. The Morgan fingerprint density at radius 1 is 1.37 bits per heavy atom. The van der Waals surface area contributed by atoms with Gasteiger partial charge in [-0.05, 0) is 65.1 Å². The molecule has 2 atom stereocenters. The predicted octanol–water partition coefficient (Wildman–Crippen LogP) is 1.79. The number of likely N-dealkylation sites (N-methyl/N-ethyl adjacent to an activating group) is 1. The second-order valence-electron chi connectivity index (χ2n) is 6.17. The number of nitrogens with zero attached hydrogens (tertiary/aromatic N) is 1. The Labute approximate surface area is 116 Å². The second-order valence-corrected chi connectivity index (χ2v) is 6.17. The first-order valence-corrected chi connectivity index (χ1v) is 7.71. The third-order valence-electron chi connectivity index (χ3n) is 4.97. The van der Waals surface area contributed by atoms with Crippen LogP contribution in [0.2, 0.25) is 0 Å². The van der Waals surface area contributed by atoms with Crippen molar-refractivity contribution in [1.29, 1.82) is 0 Å². The van der Waals surface area contributed by atoms with Gasteiger partial charge in [-0.3, -0.25) is 4.79 Å². The highest BCUT2D eigenvalue weighted by molar-refractivity contribution is 5.81. The van der Waals surface area contributed by atoms with E-state index in [1.807, 2.05) is 14.0 Å². The van der Waals surface area contributed by atoms with Crippen molar-refractivity contribution in [1.82, 2.24) is 10.2 Å². The minimum Gasteiger partial charge on any atom is -0.465 e.